The predicted molar refractivity (Wildman–Crippen MR) is 70.6 cm³/mol. The van der Waals surface area contributed by atoms with E-state index in [9.17, 15) is 20.0 Å². The van der Waals surface area contributed by atoms with Crippen LogP contribution in [-0.2, 0) is 15.3 Å². The van der Waals surface area contributed by atoms with E-state index in [1.165, 1.54) is 14.0 Å². The molecule has 2 heterocycles. The SMILES string of the molecule is COC(=O)[C@@]1(C)C[C@H](C#N)[C@@]2(O)c3ccccc3C(=O)N12. The Morgan fingerprint density at radius 1 is 1.52 bits per heavy atom. The third-order valence-electron chi connectivity index (χ3n) is 4.46. The van der Waals surface area contributed by atoms with Gasteiger partial charge in [-0.1, -0.05) is 18.2 Å². The molecule has 108 valence electrons. The Morgan fingerprint density at radius 2 is 2.19 bits per heavy atom. The number of hydrogen-bond donors (Lipinski definition) is 1. The largest absolute Gasteiger partial charge is 0.467 e. The number of carbonyl (C=O) groups is 2. The molecule has 1 aromatic rings. The summed E-state index contributed by atoms with van der Waals surface area (Å²) in [5.74, 6) is -1.99. The predicted octanol–water partition coefficient (Wildman–Crippen LogP) is 0.763. The number of esters is 1. The van der Waals surface area contributed by atoms with Crippen LogP contribution in [0.25, 0.3) is 0 Å². The number of rotatable bonds is 1. The van der Waals surface area contributed by atoms with Crippen LogP contribution in [0, 0.1) is 17.2 Å². The zero-order valence-electron chi connectivity index (χ0n) is 11.7. The van der Waals surface area contributed by atoms with Crippen molar-refractivity contribution in [3.8, 4) is 6.07 Å². The fraction of sp³-hybridized carbons (Fsp3) is 0.400. The van der Waals surface area contributed by atoms with E-state index in [0.717, 1.165) is 4.90 Å². The fourth-order valence-electron chi connectivity index (χ4n) is 3.49. The zero-order valence-corrected chi connectivity index (χ0v) is 11.7. The first-order chi connectivity index (χ1) is 9.91. The number of aliphatic hydroxyl groups is 1. The standard InChI is InChI=1S/C15H14N2O4/c1-14(13(19)21-2)7-9(8-16)15(20)11-6-4-3-5-10(11)12(18)17(14)15/h3-6,9,20H,7H2,1-2H3/t9-,14-,15-/m1/s1. The van der Waals surface area contributed by atoms with Gasteiger partial charge in [-0.3, -0.25) is 9.69 Å². The molecule has 0 saturated carbocycles. The Kier molecular flexibility index (Phi) is 2.62. The van der Waals surface area contributed by atoms with Crippen molar-refractivity contribution >= 4 is 11.9 Å². The number of nitriles is 1. The summed E-state index contributed by atoms with van der Waals surface area (Å²) in [6.45, 7) is 1.52. The lowest BCUT2D eigenvalue weighted by molar-refractivity contribution is -0.160. The molecule has 1 fully saturated rings. The third kappa shape index (κ3) is 1.39. The summed E-state index contributed by atoms with van der Waals surface area (Å²) in [7, 11) is 1.22. The highest BCUT2D eigenvalue weighted by atomic mass is 16.5. The van der Waals surface area contributed by atoms with Gasteiger partial charge in [0.25, 0.3) is 5.91 Å². The number of fused-ring (bicyclic) bond motifs is 3. The molecule has 0 aliphatic carbocycles. The molecule has 2 aliphatic heterocycles. The second kappa shape index (κ2) is 4.06. The Morgan fingerprint density at radius 3 is 2.81 bits per heavy atom. The van der Waals surface area contributed by atoms with E-state index in [0.29, 0.717) is 11.1 Å². The lowest BCUT2D eigenvalue weighted by Crippen LogP contribution is -2.55. The number of hydrogen-bond acceptors (Lipinski definition) is 5. The molecule has 6 nitrogen and oxygen atoms in total. The molecule has 6 heteroatoms. The molecule has 0 aromatic heterocycles. The molecule has 1 amide bonds. The monoisotopic (exact) mass is 286 g/mol. The average molecular weight is 286 g/mol. The minimum absolute atomic E-state index is 0.0345. The van der Waals surface area contributed by atoms with Crippen LogP contribution >= 0.6 is 0 Å². The summed E-state index contributed by atoms with van der Waals surface area (Å²) >= 11 is 0. The summed E-state index contributed by atoms with van der Waals surface area (Å²) in [4.78, 5) is 25.9. The molecule has 0 spiro atoms. The zero-order chi connectivity index (χ0) is 15.4. The first kappa shape index (κ1) is 13.6. The number of methoxy groups -OCH3 is 1. The van der Waals surface area contributed by atoms with Gasteiger partial charge in [0.2, 0.25) is 0 Å². The summed E-state index contributed by atoms with van der Waals surface area (Å²) in [5, 5.41) is 20.4. The van der Waals surface area contributed by atoms with E-state index in [1.54, 1.807) is 24.3 Å². The summed E-state index contributed by atoms with van der Waals surface area (Å²) in [6, 6.07) is 8.58. The lowest BCUT2D eigenvalue weighted by Gasteiger charge is -2.36. The Labute approximate surface area is 121 Å². The molecular formula is C15H14N2O4. The minimum atomic E-state index is -1.79. The Bertz CT molecular complexity index is 695. The van der Waals surface area contributed by atoms with Gasteiger partial charge in [-0.15, -0.1) is 0 Å². The molecule has 1 aromatic carbocycles. The minimum Gasteiger partial charge on any atom is -0.467 e. The Balaban J connectivity index is 2.26. The van der Waals surface area contributed by atoms with Crippen LogP contribution in [-0.4, -0.2) is 34.5 Å². The van der Waals surface area contributed by atoms with Gasteiger partial charge < -0.3 is 9.84 Å². The van der Waals surface area contributed by atoms with E-state index in [4.69, 9.17) is 4.74 Å². The van der Waals surface area contributed by atoms with Crippen molar-refractivity contribution < 1.29 is 19.4 Å². The van der Waals surface area contributed by atoms with Gasteiger partial charge in [-0.2, -0.15) is 5.26 Å². The van der Waals surface area contributed by atoms with E-state index in [2.05, 4.69) is 0 Å². The molecule has 2 aliphatic rings. The lowest BCUT2D eigenvalue weighted by atomic mass is 9.87. The van der Waals surface area contributed by atoms with Crippen molar-refractivity contribution in [2.75, 3.05) is 7.11 Å². The van der Waals surface area contributed by atoms with Crippen LogP contribution in [0.1, 0.15) is 29.3 Å². The molecule has 1 N–H and O–H groups in total. The van der Waals surface area contributed by atoms with Crippen LogP contribution in [0.5, 0.6) is 0 Å². The van der Waals surface area contributed by atoms with E-state index in [1.807, 2.05) is 6.07 Å². The first-order valence-corrected chi connectivity index (χ1v) is 6.56. The Hall–Kier alpha value is -2.39. The van der Waals surface area contributed by atoms with E-state index < -0.39 is 29.1 Å². The normalized spacial score (nSPS) is 33.3. The summed E-state index contributed by atoms with van der Waals surface area (Å²) in [5.41, 5.74) is -2.46. The number of ether oxygens (including phenoxy) is 1. The maximum absolute atomic E-state index is 12.6. The molecule has 1 saturated heterocycles. The van der Waals surface area contributed by atoms with Gasteiger partial charge in [0, 0.05) is 17.5 Å². The summed E-state index contributed by atoms with van der Waals surface area (Å²) < 4.78 is 4.78. The van der Waals surface area contributed by atoms with Gasteiger partial charge in [-0.25, -0.2) is 4.79 Å². The van der Waals surface area contributed by atoms with Crippen molar-refractivity contribution in [3.63, 3.8) is 0 Å². The number of amides is 1. The number of nitrogens with zero attached hydrogens (tertiary/aromatic N) is 2. The van der Waals surface area contributed by atoms with Crippen molar-refractivity contribution in [3.05, 3.63) is 35.4 Å². The maximum atomic E-state index is 12.6. The molecular weight excluding hydrogens is 272 g/mol. The highest BCUT2D eigenvalue weighted by Gasteiger charge is 2.68. The van der Waals surface area contributed by atoms with E-state index in [-0.39, 0.29) is 6.42 Å². The quantitative estimate of drug-likeness (QED) is 0.770. The van der Waals surface area contributed by atoms with Gasteiger partial charge in [0.15, 0.2) is 5.72 Å². The van der Waals surface area contributed by atoms with Gasteiger partial charge in [0.1, 0.15) is 11.5 Å². The fourth-order valence-corrected chi connectivity index (χ4v) is 3.49. The average Bonchev–Trinajstić information content (AvgIpc) is 2.88. The van der Waals surface area contributed by atoms with Crippen molar-refractivity contribution in [2.24, 2.45) is 5.92 Å². The van der Waals surface area contributed by atoms with Crippen LogP contribution in [0.2, 0.25) is 0 Å². The first-order valence-electron chi connectivity index (χ1n) is 6.56. The highest BCUT2D eigenvalue weighted by molar-refractivity contribution is 6.03. The van der Waals surface area contributed by atoms with Crippen LogP contribution in [0.15, 0.2) is 24.3 Å². The molecule has 0 bridgehead atoms. The second-order valence-electron chi connectivity index (χ2n) is 5.56. The molecule has 3 atom stereocenters. The van der Waals surface area contributed by atoms with Crippen LogP contribution in [0.4, 0.5) is 0 Å². The van der Waals surface area contributed by atoms with Gasteiger partial charge >= 0.3 is 5.97 Å². The smallest absolute Gasteiger partial charge is 0.331 e. The second-order valence-corrected chi connectivity index (χ2v) is 5.56. The van der Waals surface area contributed by atoms with E-state index >= 15 is 0 Å². The van der Waals surface area contributed by atoms with Crippen molar-refractivity contribution in [2.45, 2.75) is 24.6 Å². The highest BCUT2D eigenvalue weighted by Crippen LogP contribution is 2.55. The summed E-state index contributed by atoms with van der Waals surface area (Å²) in [6.07, 6.45) is 0.0345. The van der Waals surface area contributed by atoms with Crippen LogP contribution in [0.3, 0.4) is 0 Å². The van der Waals surface area contributed by atoms with Gasteiger partial charge in [-0.05, 0) is 13.0 Å². The number of benzene rings is 1. The van der Waals surface area contributed by atoms with Crippen molar-refractivity contribution in [1.29, 1.82) is 5.26 Å². The third-order valence-corrected chi connectivity index (χ3v) is 4.46. The molecule has 0 radical (unpaired) electrons. The van der Waals surface area contributed by atoms with Crippen molar-refractivity contribution in [1.82, 2.24) is 4.90 Å². The maximum Gasteiger partial charge on any atom is 0.331 e. The number of carbonyl (C=O) groups excluding carboxylic acids is 2. The molecule has 0 unspecified atom stereocenters. The van der Waals surface area contributed by atoms with Gasteiger partial charge in [0.05, 0.1) is 13.2 Å². The topological polar surface area (TPSA) is 90.6 Å². The van der Waals surface area contributed by atoms with Crippen LogP contribution < -0.4 is 0 Å². The molecule has 3 rings (SSSR count). The molecule has 21 heavy (non-hydrogen) atoms.